The summed E-state index contributed by atoms with van der Waals surface area (Å²) >= 11 is 3.09. The lowest BCUT2D eigenvalue weighted by Gasteiger charge is -2.28. The Morgan fingerprint density at radius 3 is 1.93 bits per heavy atom. The van der Waals surface area contributed by atoms with Gasteiger partial charge in [0.25, 0.3) is 0 Å². The third-order valence-electron chi connectivity index (χ3n) is 6.87. The summed E-state index contributed by atoms with van der Waals surface area (Å²) in [6.45, 7) is 0. The first-order valence-corrected chi connectivity index (χ1v) is 14.2. The SMILES string of the molecule is O=S(=O)([O-])c1cc(C2CCCCC2)cc2c1Sc1ccc(C3CCCCC3)cc1S2. The molecule has 0 N–H and O–H groups in total. The van der Waals surface area contributed by atoms with E-state index in [1.54, 1.807) is 17.8 Å². The van der Waals surface area contributed by atoms with Gasteiger partial charge in [-0.1, -0.05) is 68.1 Å². The fraction of sp³-hybridized carbons (Fsp3) is 0.500. The zero-order valence-electron chi connectivity index (χ0n) is 17.1. The van der Waals surface area contributed by atoms with E-state index in [2.05, 4.69) is 24.3 Å². The van der Waals surface area contributed by atoms with Gasteiger partial charge in [0.2, 0.25) is 0 Å². The van der Waals surface area contributed by atoms with E-state index in [1.807, 2.05) is 0 Å². The van der Waals surface area contributed by atoms with Crippen molar-refractivity contribution in [2.45, 2.75) is 101 Å². The van der Waals surface area contributed by atoms with Gasteiger partial charge < -0.3 is 4.55 Å². The third kappa shape index (κ3) is 4.21. The van der Waals surface area contributed by atoms with Crippen molar-refractivity contribution in [2.75, 3.05) is 0 Å². The second-order valence-electron chi connectivity index (χ2n) is 8.88. The normalized spacial score (nSPS) is 20.6. The topological polar surface area (TPSA) is 57.2 Å². The molecule has 2 aromatic carbocycles. The van der Waals surface area contributed by atoms with E-state index in [4.69, 9.17) is 0 Å². The van der Waals surface area contributed by atoms with Crippen molar-refractivity contribution in [3.8, 4) is 0 Å². The lowest BCUT2D eigenvalue weighted by Crippen LogP contribution is -2.09. The first-order valence-electron chi connectivity index (χ1n) is 11.1. The molecule has 0 saturated heterocycles. The maximum Gasteiger partial charge on any atom is 0.125 e. The molecular formula is C24H27O3S3-. The monoisotopic (exact) mass is 459 g/mol. The Morgan fingerprint density at radius 2 is 1.30 bits per heavy atom. The quantitative estimate of drug-likeness (QED) is 0.385. The molecule has 1 heterocycles. The first kappa shape index (κ1) is 20.9. The number of benzene rings is 2. The van der Waals surface area contributed by atoms with Gasteiger partial charge >= 0.3 is 0 Å². The molecule has 2 aromatic rings. The zero-order chi connectivity index (χ0) is 20.7. The average Bonchev–Trinajstić information content (AvgIpc) is 2.77. The van der Waals surface area contributed by atoms with Crippen LogP contribution >= 0.6 is 23.5 Å². The fourth-order valence-corrected chi connectivity index (χ4v) is 8.68. The van der Waals surface area contributed by atoms with Crippen LogP contribution in [0.25, 0.3) is 0 Å². The number of hydrogen-bond acceptors (Lipinski definition) is 5. The van der Waals surface area contributed by atoms with E-state index in [1.165, 1.54) is 73.6 Å². The van der Waals surface area contributed by atoms with Gasteiger partial charge in [0.05, 0.1) is 4.90 Å². The molecule has 30 heavy (non-hydrogen) atoms. The second kappa shape index (κ2) is 8.53. The minimum Gasteiger partial charge on any atom is -0.744 e. The standard InChI is InChI=1S/C24H28O3S3/c25-30(26,27)23-15-19(17-9-5-2-6-10-17)14-22-24(23)29-20-12-11-18(13-21(20)28-22)16-7-3-1-4-8-16/h11-17H,1-10H2,(H,25,26,27)/p-1. The van der Waals surface area contributed by atoms with Crippen molar-refractivity contribution in [1.29, 1.82) is 0 Å². The molecule has 0 unspecified atom stereocenters. The van der Waals surface area contributed by atoms with Crippen LogP contribution in [0.1, 0.15) is 87.2 Å². The van der Waals surface area contributed by atoms with Crippen LogP contribution in [0.3, 0.4) is 0 Å². The Morgan fingerprint density at radius 1 is 0.700 bits per heavy atom. The van der Waals surface area contributed by atoms with E-state index < -0.39 is 10.1 Å². The Labute approximate surface area is 188 Å². The van der Waals surface area contributed by atoms with Crippen LogP contribution in [-0.2, 0) is 10.1 Å². The van der Waals surface area contributed by atoms with Crippen molar-refractivity contribution in [2.24, 2.45) is 0 Å². The Kier molecular flexibility index (Phi) is 5.95. The molecule has 0 atom stereocenters. The number of rotatable bonds is 3. The van der Waals surface area contributed by atoms with Crippen LogP contribution in [0.2, 0.25) is 0 Å². The molecule has 2 saturated carbocycles. The zero-order valence-corrected chi connectivity index (χ0v) is 19.5. The van der Waals surface area contributed by atoms with Crippen LogP contribution < -0.4 is 0 Å². The molecule has 3 nitrogen and oxygen atoms in total. The molecule has 2 fully saturated rings. The van der Waals surface area contributed by atoms with E-state index >= 15 is 0 Å². The molecule has 160 valence electrons. The van der Waals surface area contributed by atoms with E-state index in [0.717, 1.165) is 28.2 Å². The summed E-state index contributed by atoms with van der Waals surface area (Å²) in [6, 6.07) is 10.5. The van der Waals surface area contributed by atoms with Gasteiger partial charge in [-0.05, 0) is 72.9 Å². The molecular weight excluding hydrogens is 432 g/mol. The first-order chi connectivity index (χ1) is 14.5. The predicted molar refractivity (Wildman–Crippen MR) is 121 cm³/mol. The van der Waals surface area contributed by atoms with Crippen molar-refractivity contribution in [3.05, 3.63) is 41.5 Å². The maximum absolute atomic E-state index is 12.1. The summed E-state index contributed by atoms with van der Waals surface area (Å²) in [5, 5.41) is 0. The van der Waals surface area contributed by atoms with Crippen LogP contribution in [0.15, 0.2) is 54.8 Å². The van der Waals surface area contributed by atoms with Crippen LogP contribution in [-0.4, -0.2) is 13.0 Å². The highest BCUT2D eigenvalue weighted by Crippen LogP contribution is 2.53. The molecule has 0 bridgehead atoms. The highest BCUT2D eigenvalue weighted by Gasteiger charge is 2.27. The average molecular weight is 460 g/mol. The van der Waals surface area contributed by atoms with Crippen LogP contribution in [0.4, 0.5) is 0 Å². The van der Waals surface area contributed by atoms with E-state index in [-0.39, 0.29) is 4.90 Å². The van der Waals surface area contributed by atoms with E-state index in [0.29, 0.717) is 16.7 Å². The lowest BCUT2D eigenvalue weighted by atomic mass is 9.84. The minimum absolute atomic E-state index is 0.0277. The van der Waals surface area contributed by atoms with Gasteiger partial charge in [0.15, 0.2) is 0 Å². The summed E-state index contributed by atoms with van der Waals surface area (Å²) in [5.74, 6) is 1.01. The number of hydrogen-bond donors (Lipinski definition) is 0. The predicted octanol–water partition coefficient (Wildman–Crippen LogP) is 7.30. The number of fused-ring (bicyclic) bond motifs is 2. The molecule has 0 amide bonds. The highest BCUT2D eigenvalue weighted by atomic mass is 32.2. The van der Waals surface area contributed by atoms with Crippen molar-refractivity contribution < 1.29 is 13.0 Å². The van der Waals surface area contributed by atoms with Gasteiger partial charge in [0, 0.05) is 19.6 Å². The molecule has 6 heteroatoms. The van der Waals surface area contributed by atoms with Gasteiger partial charge in [-0.2, -0.15) is 0 Å². The minimum atomic E-state index is -4.52. The smallest absolute Gasteiger partial charge is 0.125 e. The summed E-state index contributed by atoms with van der Waals surface area (Å²) < 4.78 is 36.4. The summed E-state index contributed by atoms with van der Waals surface area (Å²) in [6.07, 6.45) is 12.2. The molecule has 5 rings (SSSR count). The molecule has 0 spiro atoms. The summed E-state index contributed by atoms with van der Waals surface area (Å²) in [7, 11) is -4.52. The summed E-state index contributed by atoms with van der Waals surface area (Å²) in [5.41, 5.74) is 2.44. The van der Waals surface area contributed by atoms with Crippen molar-refractivity contribution >= 4 is 33.6 Å². The maximum atomic E-state index is 12.1. The summed E-state index contributed by atoms with van der Waals surface area (Å²) in [4.78, 5) is 3.78. The molecule has 0 aromatic heterocycles. The van der Waals surface area contributed by atoms with Gasteiger partial charge in [-0.15, -0.1) is 0 Å². The van der Waals surface area contributed by atoms with Crippen LogP contribution in [0.5, 0.6) is 0 Å². The highest BCUT2D eigenvalue weighted by molar-refractivity contribution is 8.05. The van der Waals surface area contributed by atoms with Gasteiger partial charge in [-0.3, -0.25) is 0 Å². The third-order valence-corrected chi connectivity index (χ3v) is 10.4. The molecule has 0 radical (unpaired) electrons. The van der Waals surface area contributed by atoms with E-state index in [9.17, 15) is 13.0 Å². The van der Waals surface area contributed by atoms with Gasteiger partial charge in [-0.25, -0.2) is 8.42 Å². The van der Waals surface area contributed by atoms with Crippen molar-refractivity contribution in [3.63, 3.8) is 0 Å². The Bertz CT molecular complexity index is 1050. The molecule has 1 aliphatic heterocycles. The lowest BCUT2D eigenvalue weighted by molar-refractivity contribution is 0.440. The Hall–Kier alpha value is -0.950. The molecule has 2 aliphatic carbocycles. The Balaban J connectivity index is 1.53. The molecule has 3 aliphatic rings. The largest absolute Gasteiger partial charge is 0.744 e. The fourth-order valence-electron chi connectivity index (χ4n) is 5.24. The van der Waals surface area contributed by atoms with Crippen molar-refractivity contribution in [1.82, 2.24) is 0 Å². The van der Waals surface area contributed by atoms with Gasteiger partial charge in [0.1, 0.15) is 10.1 Å². The van der Waals surface area contributed by atoms with Crippen LogP contribution in [0, 0.1) is 0 Å². The second-order valence-corrected chi connectivity index (χ2v) is 12.4.